The van der Waals surface area contributed by atoms with Crippen LogP contribution in [0, 0.1) is 5.92 Å². The summed E-state index contributed by atoms with van der Waals surface area (Å²) in [6.07, 6.45) is 7.58. The van der Waals surface area contributed by atoms with Crippen LogP contribution in [-0.4, -0.2) is 38.4 Å². The zero-order chi connectivity index (χ0) is 16.9. The molecule has 1 aliphatic rings. The smallest absolute Gasteiger partial charge is 0.222 e. The van der Waals surface area contributed by atoms with Crippen molar-refractivity contribution >= 4 is 17.1 Å². The first kappa shape index (κ1) is 16.9. The molecule has 1 saturated heterocycles. The number of aryl methyl sites for hydroxylation is 2. The zero-order valence-electron chi connectivity index (χ0n) is 14.9. The molecule has 1 aliphatic heterocycles. The summed E-state index contributed by atoms with van der Waals surface area (Å²) in [5.41, 5.74) is 1.93. The first-order valence-electron chi connectivity index (χ1n) is 9.23. The van der Waals surface area contributed by atoms with Gasteiger partial charge in [-0.3, -0.25) is 4.79 Å². The number of fused-ring (bicyclic) bond motifs is 1. The van der Waals surface area contributed by atoms with Crippen molar-refractivity contribution in [1.82, 2.24) is 19.4 Å². The van der Waals surface area contributed by atoms with E-state index in [4.69, 9.17) is 4.98 Å². The Bertz CT molecular complexity index is 686. The van der Waals surface area contributed by atoms with E-state index in [9.17, 15) is 4.79 Å². The molecule has 0 unspecified atom stereocenters. The van der Waals surface area contributed by atoms with Crippen molar-refractivity contribution in [3.05, 3.63) is 24.2 Å². The third kappa shape index (κ3) is 3.94. The number of rotatable bonds is 7. The van der Waals surface area contributed by atoms with Crippen molar-refractivity contribution in [3.8, 4) is 0 Å². The molecule has 5 heteroatoms. The first-order chi connectivity index (χ1) is 11.6. The van der Waals surface area contributed by atoms with Gasteiger partial charge in [0.15, 0.2) is 5.65 Å². The van der Waals surface area contributed by atoms with Crippen LogP contribution < -0.4 is 0 Å². The Morgan fingerprint density at radius 1 is 1.29 bits per heavy atom. The van der Waals surface area contributed by atoms with Gasteiger partial charge in [0.05, 0.1) is 0 Å². The lowest BCUT2D eigenvalue weighted by Gasteiger charge is -2.15. The molecule has 0 saturated carbocycles. The average molecular weight is 328 g/mol. The second-order valence-corrected chi connectivity index (χ2v) is 7.15. The quantitative estimate of drug-likeness (QED) is 0.782. The summed E-state index contributed by atoms with van der Waals surface area (Å²) in [4.78, 5) is 23.5. The Morgan fingerprint density at radius 3 is 2.83 bits per heavy atom. The molecule has 1 amide bonds. The molecule has 0 aromatic carbocycles. The van der Waals surface area contributed by atoms with Crippen LogP contribution in [0.5, 0.6) is 0 Å². The van der Waals surface area contributed by atoms with Crippen LogP contribution in [0.3, 0.4) is 0 Å². The Labute approximate surface area is 144 Å². The van der Waals surface area contributed by atoms with Crippen LogP contribution in [0.1, 0.15) is 51.8 Å². The van der Waals surface area contributed by atoms with Crippen LogP contribution >= 0.6 is 0 Å². The van der Waals surface area contributed by atoms with E-state index >= 15 is 0 Å². The molecule has 130 valence electrons. The number of aromatic nitrogens is 3. The van der Waals surface area contributed by atoms with E-state index in [-0.39, 0.29) is 0 Å². The maximum atomic E-state index is 12.2. The van der Waals surface area contributed by atoms with E-state index in [0.29, 0.717) is 18.2 Å². The van der Waals surface area contributed by atoms with Gasteiger partial charge in [0.2, 0.25) is 5.91 Å². The molecule has 0 bridgehead atoms. The number of likely N-dealkylation sites (tertiary alicyclic amines) is 1. The molecule has 3 rings (SSSR count). The molecule has 2 aromatic heterocycles. The van der Waals surface area contributed by atoms with Gasteiger partial charge in [0, 0.05) is 38.7 Å². The Kier molecular flexibility index (Phi) is 5.48. The number of carbonyl (C=O) groups excluding carboxylic acids is 1. The van der Waals surface area contributed by atoms with E-state index in [1.807, 2.05) is 23.2 Å². The number of carbonyl (C=O) groups is 1. The minimum atomic E-state index is 0.301. The number of nitrogens with zero attached hydrogens (tertiary/aromatic N) is 4. The summed E-state index contributed by atoms with van der Waals surface area (Å²) in [5, 5.41) is 0. The topological polar surface area (TPSA) is 51.0 Å². The van der Waals surface area contributed by atoms with Gasteiger partial charge in [-0.15, -0.1) is 0 Å². The van der Waals surface area contributed by atoms with Gasteiger partial charge in [0.25, 0.3) is 0 Å². The highest BCUT2D eigenvalue weighted by atomic mass is 16.2. The highest BCUT2D eigenvalue weighted by Gasteiger charge is 2.18. The van der Waals surface area contributed by atoms with E-state index in [1.54, 1.807) is 0 Å². The molecule has 24 heavy (non-hydrogen) atoms. The van der Waals surface area contributed by atoms with Crippen LogP contribution in [0.4, 0.5) is 0 Å². The van der Waals surface area contributed by atoms with Gasteiger partial charge < -0.3 is 9.47 Å². The number of amides is 1. The van der Waals surface area contributed by atoms with Gasteiger partial charge in [-0.05, 0) is 43.7 Å². The molecule has 3 heterocycles. The summed E-state index contributed by atoms with van der Waals surface area (Å²) in [7, 11) is 0. The fourth-order valence-electron chi connectivity index (χ4n) is 3.34. The maximum absolute atomic E-state index is 12.2. The lowest BCUT2D eigenvalue weighted by molar-refractivity contribution is -0.130. The van der Waals surface area contributed by atoms with Gasteiger partial charge in [0.1, 0.15) is 11.3 Å². The summed E-state index contributed by atoms with van der Waals surface area (Å²) in [6.45, 7) is 7.30. The highest BCUT2D eigenvalue weighted by molar-refractivity contribution is 5.76. The molecule has 0 atom stereocenters. The summed E-state index contributed by atoms with van der Waals surface area (Å²) >= 11 is 0. The number of hydrogen-bond donors (Lipinski definition) is 0. The Balaban J connectivity index is 1.66. The highest BCUT2D eigenvalue weighted by Crippen LogP contribution is 2.18. The average Bonchev–Trinajstić information content (AvgIpc) is 3.20. The van der Waals surface area contributed by atoms with E-state index in [0.717, 1.165) is 68.7 Å². The van der Waals surface area contributed by atoms with Crippen molar-refractivity contribution in [2.24, 2.45) is 5.92 Å². The van der Waals surface area contributed by atoms with Gasteiger partial charge in [-0.1, -0.05) is 13.8 Å². The molecule has 2 aromatic rings. The van der Waals surface area contributed by atoms with Crippen molar-refractivity contribution in [1.29, 1.82) is 0 Å². The van der Waals surface area contributed by atoms with Crippen LogP contribution in [0.25, 0.3) is 11.2 Å². The number of imidazole rings is 1. The van der Waals surface area contributed by atoms with Gasteiger partial charge >= 0.3 is 0 Å². The van der Waals surface area contributed by atoms with Crippen LogP contribution in [0.15, 0.2) is 18.3 Å². The summed E-state index contributed by atoms with van der Waals surface area (Å²) in [5.74, 6) is 2.02. The van der Waals surface area contributed by atoms with Crippen molar-refractivity contribution in [2.45, 2.75) is 58.9 Å². The standard InChI is InChI=1S/C19H28N4O/c1-15(2)10-14-23-17(21-16-7-6-11-20-19(16)23)8-5-9-18(24)22-12-3-4-13-22/h6-7,11,15H,3-5,8-10,12-14H2,1-2H3. The Morgan fingerprint density at radius 2 is 2.08 bits per heavy atom. The molecule has 0 aliphatic carbocycles. The van der Waals surface area contributed by atoms with E-state index in [2.05, 4.69) is 23.4 Å². The number of hydrogen-bond acceptors (Lipinski definition) is 3. The maximum Gasteiger partial charge on any atom is 0.222 e. The fourth-order valence-corrected chi connectivity index (χ4v) is 3.34. The predicted octanol–water partition coefficient (Wildman–Crippen LogP) is 3.42. The first-order valence-corrected chi connectivity index (χ1v) is 9.23. The molecule has 0 spiro atoms. The van der Waals surface area contributed by atoms with Crippen molar-refractivity contribution in [3.63, 3.8) is 0 Å². The van der Waals surface area contributed by atoms with Crippen molar-refractivity contribution in [2.75, 3.05) is 13.1 Å². The zero-order valence-corrected chi connectivity index (χ0v) is 14.9. The normalized spacial score (nSPS) is 14.9. The van der Waals surface area contributed by atoms with Crippen molar-refractivity contribution < 1.29 is 4.79 Å². The summed E-state index contributed by atoms with van der Waals surface area (Å²) < 4.78 is 2.25. The predicted molar refractivity (Wildman–Crippen MR) is 95.7 cm³/mol. The fraction of sp³-hybridized carbons (Fsp3) is 0.632. The molecular formula is C19H28N4O. The molecular weight excluding hydrogens is 300 g/mol. The van der Waals surface area contributed by atoms with E-state index in [1.165, 1.54) is 0 Å². The van der Waals surface area contributed by atoms with Crippen LogP contribution in [-0.2, 0) is 17.8 Å². The monoisotopic (exact) mass is 328 g/mol. The lowest BCUT2D eigenvalue weighted by Crippen LogP contribution is -2.27. The second-order valence-electron chi connectivity index (χ2n) is 7.15. The van der Waals surface area contributed by atoms with Gasteiger partial charge in [-0.25, -0.2) is 9.97 Å². The SMILES string of the molecule is CC(C)CCn1c(CCCC(=O)N2CCCC2)nc2cccnc21. The minimum absolute atomic E-state index is 0.301. The summed E-state index contributed by atoms with van der Waals surface area (Å²) in [6, 6.07) is 3.95. The van der Waals surface area contributed by atoms with Gasteiger partial charge in [-0.2, -0.15) is 0 Å². The van der Waals surface area contributed by atoms with E-state index < -0.39 is 0 Å². The number of pyridine rings is 1. The Hall–Kier alpha value is -1.91. The minimum Gasteiger partial charge on any atom is -0.343 e. The molecule has 0 N–H and O–H groups in total. The third-order valence-corrected chi connectivity index (χ3v) is 4.76. The largest absolute Gasteiger partial charge is 0.343 e. The van der Waals surface area contributed by atoms with Crippen LogP contribution in [0.2, 0.25) is 0 Å². The second kappa shape index (κ2) is 7.77. The molecule has 1 fully saturated rings. The molecule has 5 nitrogen and oxygen atoms in total. The molecule has 0 radical (unpaired) electrons. The third-order valence-electron chi connectivity index (χ3n) is 4.76. The lowest BCUT2D eigenvalue weighted by atomic mass is 10.1.